The van der Waals surface area contributed by atoms with E-state index in [1.807, 2.05) is 0 Å². The van der Waals surface area contributed by atoms with Gasteiger partial charge in [-0.15, -0.1) is 0 Å². The van der Waals surface area contributed by atoms with Gasteiger partial charge in [-0.1, -0.05) is 12.1 Å². The van der Waals surface area contributed by atoms with Crippen LogP contribution in [0, 0.1) is 5.82 Å². The molecule has 3 N–H and O–H groups in total. The van der Waals surface area contributed by atoms with Crippen LogP contribution in [0.1, 0.15) is 36.3 Å². The maximum atomic E-state index is 13.3. The highest BCUT2D eigenvalue weighted by Gasteiger charge is 2.37. The van der Waals surface area contributed by atoms with Crippen LogP contribution in [0.5, 0.6) is 0 Å². The lowest BCUT2D eigenvalue weighted by molar-refractivity contribution is -0.116. The van der Waals surface area contributed by atoms with Gasteiger partial charge in [0.2, 0.25) is 0 Å². The van der Waals surface area contributed by atoms with Gasteiger partial charge >= 0.3 is 5.69 Å². The summed E-state index contributed by atoms with van der Waals surface area (Å²) >= 11 is 0. The number of aromatic amines is 2. The molecule has 0 fully saturated rings. The van der Waals surface area contributed by atoms with Gasteiger partial charge in [-0.3, -0.25) is 19.6 Å². The van der Waals surface area contributed by atoms with Crippen LogP contribution in [0.3, 0.4) is 0 Å². The van der Waals surface area contributed by atoms with Crippen molar-refractivity contribution in [2.24, 2.45) is 0 Å². The van der Waals surface area contributed by atoms with Gasteiger partial charge < -0.3 is 5.32 Å². The number of benzene rings is 1. The Hall–Kier alpha value is -2.96. The van der Waals surface area contributed by atoms with E-state index >= 15 is 0 Å². The molecule has 1 aliphatic heterocycles. The second-order valence-electron chi connectivity index (χ2n) is 5.98. The summed E-state index contributed by atoms with van der Waals surface area (Å²) in [6, 6.07) is 5.72. The molecule has 2 heterocycles. The van der Waals surface area contributed by atoms with Crippen LogP contribution < -0.4 is 16.6 Å². The number of ketones is 1. The number of allylic oxidation sites excluding steroid dienone is 2. The van der Waals surface area contributed by atoms with Gasteiger partial charge in [0, 0.05) is 23.6 Å². The van der Waals surface area contributed by atoms with Crippen molar-refractivity contribution in [1.82, 2.24) is 9.97 Å². The molecule has 2 aromatic rings. The summed E-state index contributed by atoms with van der Waals surface area (Å²) in [7, 11) is 0. The van der Waals surface area contributed by atoms with Crippen molar-refractivity contribution in [1.29, 1.82) is 0 Å². The molecule has 0 radical (unpaired) electrons. The Morgan fingerprint density at radius 1 is 1.00 bits per heavy atom. The Kier molecular flexibility index (Phi) is 3.23. The zero-order valence-electron chi connectivity index (χ0n) is 12.6. The number of nitrogens with one attached hydrogen (secondary N) is 3. The highest BCUT2D eigenvalue weighted by Crippen LogP contribution is 2.42. The SMILES string of the molecule is O=C1CCCC2=C1[C@@H](c1ccc(F)cc1)c1c([nH]c(=O)[nH]c1=O)N2. The molecule has 1 aromatic heterocycles. The molecule has 122 valence electrons. The number of fused-ring (bicyclic) bond motifs is 1. The van der Waals surface area contributed by atoms with E-state index in [1.165, 1.54) is 12.1 Å². The number of hydrogen-bond acceptors (Lipinski definition) is 4. The summed E-state index contributed by atoms with van der Waals surface area (Å²) in [6.07, 6.45) is 1.78. The van der Waals surface area contributed by atoms with Gasteiger partial charge in [0.15, 0.2) is 5.78 Å². The van der Waals surface area contributed by atoms with Crippen molar-refractivity contribution in [3.05, 3.63) is 73.3 Å². The first-order valence-electron chi connectivity index (χ1n) is 7.70. The first-order chi connectivity index (χ1) is 11.5. The number of carbonyl (C=O) groups is 1. The fourth-order valence-corrected chi connectivity index (χ4v) is 3.48. The van der Waals surface area contributed by atoms with Crippen molar-refractivity contribution in [2.75, 3.05) is 5.32 Å². The summed E-state index contributed by atoms with van der Waals surface area (Å²) in [5.74, 6) is -0.751. The van der Waals surface area contributed by atoms with Crippen LogP contribution in [0.4, 0.5) is 10.2 Å². The van der Waals surface area contributed by atoms with E-state index in [0.29, 0.717) is 41.9 Å². The maximum Gasteiger partial charge on any atom is 0.327 e. The number of hydrogen-bond donors (Lipinski definition) is 3. The lowest BCUT2D eigenvalue weighted by Crippen LogP contribution is -2.36. The molecular formula is C17H14FN3O3. The van der Waals surface area contributed by atoms with Crippen molar-refractivity contribution in [2.45, 2.75) is 25.2 Å². The minimum Gasteiger partial charge on any atom is -0.344 e. The molecule has 24 heavy (non-hydrogen) atoms. The third kappa shape index (κ3) is 2.20. The highest BCUT2D eigenvalue weighted by molar-refractivity contribution is 6.00. The van der Waals surface area contributed by atoms with Crippen molar-refractivity contribution < 1.29 is 9.18 Å². The molecule has 1 atom stereocenters. The number of Topliss-reactive ketones (excluding diaryl/α,β-unsaturated/α-hetero) is 1. The standard InChI is InChI=1S/C17H14FN3O3/c18-9-6-4-8(5-7-9)12-13-10(2-1-3-11(13)22)19-15-14(12)16(23)21-17(24)20-15/h4-7,12H,1-3H2,(H3,19,20,21,23,24)/t12-/m1/s1. The average Bonchev–Trinajstić information content (AvgIpc) is 2.54. The van der Waals surface area contributed by atoms with E-state index in [-0.39, 0.29) is 11.3 Å². The number of aromatic nitrogens is 2. The lowest BCUT2D eigenvalue weighted by Gasteiger charge is -2.32. The molecular weight excluding hydrogens is 313 g/mol. The fraction of sp³-hybridized carbons (Fsp3) is 0.235. The first-order valence-corrected chi connectivity index (χ1v) is 7.70. The second-order valence-corrected chi connectivity index (χ2v) is 5.98. The van der Waals surface area contributed by atoms with Gasteiger partial charge in [-0.05, 0) is 30.5 Å². The molecule has 0 bridgehead atoms. The van der Waals surface area contributed by atoms with Crippen molar-refractivity contribution >= 4 is 11.6 Å². The normalized spacial score (nSPS) is 19.5. The zero-order chi connectivity index (χ0) is 16.8. The van der Waals surface area contributed by atoms with Crippen LogP contribution in [-0.4, -0.2) is 15.8 Å². The minimum absolute atomic E-state index is 0.0330. The number of halogens is 1. The lowest BCUT2D eigenvalue weighted by atomic mass is 9.76. The van der Waals surface area contributed by atoms with Gasteiger partial charge in [0.05, 0.1) is 5.56 Å². The Morgan fingerprint density at radius 2 is 1.75 bits per heavy atom. The Bertz CT molecular complexity index is 985. The van der Waals surface area contributed by atoms with Gasteiger partial charge in [0.1, 0.15) is 11.6 Å². The van der Waals surface area contributed by atoms with E-state index < -0.39 is 23.0 Å². The second kappa shape index (κ2) is 5.30. The molecule has 0 saturated carbocycles. The largest absolute Gasteiger partial charge is 0.344 e. The third-order valence-electron chi connectivity index (χ3n) is 4.49. The molecule has 6 nitrogen and oxygen atoms in total. The van der Waals surface area contributed by atoms with E-state index in [1.54, 1.807) is 12.1 Å². The Labute approximate surface area is 135 Å². The highest BCUT2D eigenvalue weighted by atomic mass is 19.1. The van der Waals surface area contributed by atoms with E-state index in [4.69, 9.17) is 0 Å². The molecule has 0 unspecified atom stereocenters. The molecule has 0 saturated heterocycles. The Balaban J connectivity index is 2.01. The van der Waals surface area contributed by atoms with Crippen LogP contribution >= 0.6 is 0 Å². The quantitative estimate of drug-likeness (QED) is 0.744. The zero-order valence-corrected chi connectivity index (χ0v) is 12.6. The predicted molar refractivity (Wildman–Crippen MR) is 85.4 cm³/mol. The van der Waals surface area contributed by atoms with E-state index in [0.717, 1.165) is 0 Å². The van der Waals surface area contributed by atoms with Crippen LogP contribution in [0.25, 0.3) is 0 Å². The molecule has 0 amide bonds. The number of H-pyrrole nitrogens is 2. The number of anilines is 1. The Morgan fingerprint density at radius 3 is 2.50 bits per heavy atom. The molecule has 0 spiro atoms. The topological polar surface area (TPSA) is 94.8 Å². The van der Waals surface area contributed by atoms with Gasteiger partial charge in [0.25, 0.3) is 5.56 Å². The fourth-order valence-electron chi connectivity index (χ4n) is 3.48. The molecule has 4 rings (SSSR count). The summed E-state index contributed by atoms with van der Waals surface area (Å²) in [5, 5.41) is 3.03. The van der Waals surface area contributed by atoms with Crippen molar-refractivity contribution in [3.63, 3.8) is 0 Å². The summed E-state index contributed by atoms with van der Waals surface area (Å²) in [5.41, 5.74) is 0.984. The van der Waals surface area contributed by atoms with Gasteiger partial charge in [-0.2, -0.15) is 0 Å². The van der Waals surface area contributed by atoms with Crippen molar-refractivity contribution in [3.8, 4) is 0 Å². The van der Waals surface area contributed by atoms with Crippen LogP contribution in [-0.2, 0) is 4.79 Å². The molecule has 1 aliphatic carbocycles. The first kappa shape index (κ1) is 14.6. The smallest absolute Gasteiger partial charge is 0.327 e. The summed E-state index contributed by atoms with van der Waals surface area (Å²) in [6.45, 7) is 0. The number of carbonyl (C=O) groups excluding carboxylic acids is 1. The maximum absolute atomic E-state index is 13.3. The minimum atomic E-state index is -0.620. The van der Waals surface area contributed by atoms with Crippen LogP contribution in [0.15, 0.2) is 45.1 Å². The average molecular weight is 327 g/mol. The molecule has 2 aliphatic rings. The van der Waals surface area contributed by atoms with E-state index in [9.17, 15) is 18.8 Å². The molecule has 1 aromatic carbocycles. The van der Waals surface area contributed by atoms with E-state index in [2.05, 4.69) is 15.3 Å². The third-order valence-corrected chi connectivity index (χ3v) is 4.49. The summed E-state index contributed by atoms with van der Waals surface area (Å²) in [4.78, 5) is 41.3. The predicted octanol–water partition coefficient (Wildman–Crippen LogP) is 1.77. The number of rotatable bonds is 1. The van der Waals surface area contributed by atoms with Crippen LogP contribution in [0.2, 0.25) is 0 Å². The monoisotopic (exact) mass is 327 g/mol. The summed E-state index contributed by atoms with van der Waals surface area (Å²) < 4.78 is 13.3. The van der Waals surface area contributed by atoms with Gasteiger partial charge in [-0.25, -0.2) is 9.18 Å². The molecule has 7 heteroatoms.